The van der Waals surface area contributed by atoms with Crippen molar-refractivity contribution >= 4 is 27.5 Å². The average Bonchev–Trinajstić information content (AvgIpc) is 3.01. The van der Waals surface area contributed by atoms with Crippen LogP contribution in [-0.4, -0.2) is 44.1 Å². The van der Waals surface area contributed by atoms with Crippen molar-refractivity contribution in [2.75, 3.05) is 38.2 Å². The normalized spacial score (nSPS) is 15.0. The Kier molecular flexibility index (Phi) is 4.38. The zero-order valence-electron chi connectivity index (χ0n) is 12.3. The van der Waals surface area contributed by atoms with E-state index in [1.54, 1.807) is 19.2 Å². The largest absolute Gasteiger partial charge is 0.497 e. The zero-order chi connectivity index (χ0) is 15.5. The highest BCUT2D eigenvalue weighted by molar-refractivity contribution is 9.10. The number of anilines is 1. The number of amides is 1. The number of hydrogen-bond acceptors (Lipinski definition) is 4. The molecule has 3 rings (SSSR count). The lowest BCUT2D eigenvalue weighted by atomic mass is 10.2. The second-order valence-electron chi connectivity index (χ2n) is 5.08. The lowest BCUT2D eigenvalue weighted by Gasteiger charge is -2.35. The fraction of sp³-hybridized carbons (Fsp3) is 0.312. The van der Waals surface area contributed by atoms with Crippen LogP contribution < -0.4 is 9.64 Å². The Balaban J connectivity index is 1.63. The van der Waals surface area contributed by atoms with Gasteiger partial charge in [0, 0.05) is 37.9 Å². The summed E-state index contributed by atoms with van der Waals surface area (Å²) < 4.78 is 11.2. The molecule has 5 nitrogen and oxygen atoms in total. The van der Waals surface area contributed by atoms with E-state index in [-0.39, 0.29) is 5.91 Å². The first-order valence-electron chi connectivity index (χ1n) is 7.11. The van der Waals surface area contributed by atoms with Gasteiger partial charge in [-0.25, -0.2) is 0 Å². The first kappa shape index (κ1) is 15.0. The Bertz CT molecular complexity index is 663. The average molecular weight is 365 g/mol. The van der Waals surface area contributed by atoms with Gasteiger partial charge in [-0.1, -0.05) is 6.07 Å². The standard InChI is InChI=1S/C16H17BrN2O3/c1-21-13-4-2-3-12(11-13)18-7-9-19(10-8-18)16(20)14-5-6-15(17)22-14/h2-6,11H,7-10H2,1H3. The van der Waals surface area contributed by atoms with Gasteiger partial charge in [0.15, 0.2) is 10.4 Å². The molecule has 6 heteroatoms. The van der Waals surface area contributed by atoms with Crippen molar-refractivity contribution in [3.05, 3.63) is 46.8 Å². The van der Waals surface area contributed by atoms with Gasteiger partial charge in [0.2, 0.25) is 0 Å². The Morgan fingerprint density at radius 2 is 1.95 bits per heavy atom. The van der Waals surface area contributed by atoms with Crippen LogP contribution in [0.25, 0.3) is 0 Å². The number of hydrogen-bond donors (Lipinski definition) is 0. The third-order valence-corrected chi connectivity index (χ3v) is 4.20. The van der Waals surface area contributed by atoms with E-state index in [1.807, 2.05) is 23.1 Å². The summed E-state index contributed by atoms with van der Waals surface area (Å²) in [4.78, 5) is 16.4. The fourth-order valence-electron chi connectivity index (χ4n) is 2.56. The van der Waals surface area contributed by atoms with E-state index >= 15 is 0 Å². The predicted octanol–water partition coefficient (Wildman–Crippen LogP) is 3.01. The van der Waals surface area contributed by atoms with E-state index < -0.39 is 0 Å². The SMILES string of the molecule is COc1cccc(N2CCN(C(=O)c3ccc(Br)o3)CC2)c1. The maximum Gasteiger partial charge on any atom is 0.289 e. The molecule has 0 N–H and O–H groups in total. The van der Waals surface area contributed by atoms with Gasteiger partial charge < -0.3 is 19.0 Å². The number of rotatable bonds is 3. The fourth-order valence-corrected chi connectivity index (χ4v) is 2.87. The third-order valence-electron chi connectivity index (χ3n) is 3.77. The van der Waals surface area contributed by atoms with E-state index in [0.717, 1.165) is 24.5 Å². The first-order chi connectivity index (χ1) is 10.7. The molecule has 0 atom stereocenters. The van der Waals surface area contributed by atoms with Crippen molar-refractivity contribution < 1.29 is 13.9 Å². The van der Waals surface area contributed by atoms with E-state index in [0.29, 0.717) is 23.5 Å². The topological polar surface area (TPSA) is 45.9 Å². The lowest BCUT2D eigenvalue weighted by molar-refractivity contribution is 0.0713. The lowest BCUT2D eigenvalue weighted by Crippen LogP contribution is -2.48. The van der Waals surface area contributed by atoms with Crippen molar-refractivity contribution in [2.24, 2.45) is 0 Å². The molecule has 1 saturated heterocycles. The number of ether oxygens (including phenoxy) is 1. The van der Waals surface area contributed by atoms with E-state index in [1.165, 1.54) is 0 Å². The molecule has 0 spiro atoms. The molecule has 0 aliphatic carbocycles. The van der Waals surface area contributed by atoms with Gasteiger partial charge in [-0.2, -0.15) is 0 Å². The smallest absolute Gasteiger partial charge is 0.289 e. The number of carbonyl (C=O) groups excluding carboxylic acids is 1. The monoisotopic (exact) mass is 364 g/mol. The molecule has 22 heavy (non-hydrogen) atoms. The molecule has 1 amide bonds. The molecule has 1 aliphatic heterocycles. The van der Waals surface area contributed by atoms with E-state index in [2.05, 4.69) is 26.9 Å². The summed E-state index contributed by atoms with van der Waals surface area (Å²) in [5, 5.41) is 0. The molecule has 1 aromatic carbocycles. The molecule has 0 unspecified atom stereocenters. The number of nitrogens with zero attached hydrogens (tertiary/aromatic N) is 2. The summed E-state index contributed by atoms with van der Waals surface area (Å²) in [7, 11) is 1.66. The second-order valence-corrected chi connectivity index (χ2v) is 5.87. The Hall–Kier alpha value is -1.95. The summed E-state index contributed by atoms with van der Waals surface area (Å²) >= 11 is 3.22. The quantitative estimate of drug-likeness (QED) is 0.839. The first-order valence-corrected chi connectivity index (χ1v) is 7.90. The van der Waals surface area contributed by atoms with Crippen LogP contribution in [-0.2, 0) is 0 Å². The van der Waals surface area contributed by atoms with Crippen LogP contribution in [0.5, 0.6) is 5.75 Å². The number of carbonyl (C=O) groups is 1. The number of halogens is 1. The third kappa shape index (κ3) is 3.11. The zero-order valence-corrected chi connectivity index (χ0v) is 13.9. The van der Waals surface area contributed by atoms with Gasteiger partial charge >= 0.3 is 0 Å². The molecule has 2 heterocycles. The van der Waals surface area contributed by atoms with Crippen molar-refractivity contribution in [1.82, 2.24) is 4.90 Å². The summed E-state index contributed by atoms with van der Waals surface area (Å²) in [6, 6.07) is 11.4. The minimum absolute atomic E-state index is 0.0593. The molecule has 1 fully saturated rings. The van der Waals surface area contributed by atoms with Gasteiger partial charge in [0.05, 0.1) is 7.11 Å². The number of furan rings is 1. The molecule has 0 radical (unpaired) electrons. The summed E-state index contributed by atoms with van der Waals surface area (Å²) in [6.45, 7) is 2.93. The van der Waals surface area contributed by atoms with Crippen LogP contribution in [0.2, 0.25) is 0 Å². The molecule has 0 saturated carbocycles. The van der Waals surface area contributed by atoms with Crippen LogP contribution in [0.4, 0.5) is 5.69 Å². The maximum absolute atomic E-state index is 12.3. The van der Waals surface area contributed by atoms with Gasteiger partial charge in [0.1, 0.15) is 5.75 Å². The molecule has 0 bridgehead atoms. The summed E-state index contributed by atoms with van der Waals surface area (Å²) in [5.74, 6) is 1.16. The highest BCUT2D eigenvalue weighted by Gasteiger charge is 2.24. The molecule has 1 aliphatic rings. The minimum Gasteiger partial charge on any atom is -0.497 e. The number of piperazine rings is 1. The van der Waals surface area contributed by atoms with Crippen molar-refractivity contribution in [3.63, 3.8) is 0 Å². The molecule has 1 aromatic heterocycles. The molecular formula is C16H17BrN2O3. The van der Waals surface area contributed by atoms with E-state index in [4.69, 9.17) is 9.15 Å². The molecule has 116 valence electrons. The highest BCUT2D eigenvalue weighted by Crippen LogP contribution is 2.23. The summed E-state index contributed by atoms with van der Waals surface area (Å²) in [5.41, 5.74) is 1.12. The van der Waals surface area contributed by atoms with E-state index in [9.17, 15) is 4.79 Å². The second kappa shape index (κ2) is 6.44. The molecule has 2 aromatic rings. The minimum atomic E-state index is -0.0593. The highest BCUT2D eigenvalue weighted by atomic mass is 79.9. The Labute approximate surface area is 137 Å². The number of methoxy groups -OCH3 is 1. The van der Waals surface area contributed by atoms with Crippen LogP contribution in [0.15, 0.2) is 45.5 Å². The van der Waals surface area contributed by atoms with Gasteiger partial charge in [0.25, 0.3) is 5.91 Å². The van der Waals surface area contributed by atoms with Crippen molar-refractivity contribution in [1.29, 1.82) is 0 Å². The number of benzene rings is 1. The van der Waals surface area contributed by atoms with Crippen LogP contribution in [0.3, 0.4) is 0 Å². The molecular weight excluding hydrogens is 348 g/mol. The Morgan fingerprint density at radius 3 is 2.59 bits per heavy atom. The Morgan fingerprint density at radius 1 is 1.18 bits per heavy atom. The van der Waals surface area contributed by atoms with Gasteiger partial charge in [-0.05, 0) is 40.2 Å². The van der Waals surface area contributed by atoms with Crippen molar-refractivity contribution in [2.45, 2.75) is 0 Å². The predicted molar refractivity (Wildman–Crippen MR) is 87.5 cm³/mol. The van der Waals surface area contributed by atoms with Crippen LogP contribution >= 0.6 is 15.9 Å². The van der Waals surface area contributed by atoms with Crippen LogP contribution in [0, 0.1) is 0 Å². The maximum atomic E-state index is 12.3. The van der Waals surface area contributed by atoms with Gasteiger partial charge in [-0.3, -0.25) is 4.79 Å². The van der Waals surface area contributed by atoms with Crippen molar-refractivity contribution in [3.8, 4) is 5.75 Å². The van der Waals surface area contributed by atoms with Gasteiger partial charge in [-0.15, -0.1) is 0 Å². The summed E-state index contributed by atoms with van der Waals surface area (Å²) in [6.07, 6.45) is 0. The van der Waals surface area contributed by atoms with Crippen LogP contribution in [0.1, 0.15) is 10.6 Å².